The zero-order valence-electron chi connectivity index (χ0n) is 25.8. The van der Waals surface area contributed by atoms with Crippen molar-refractivity contribution in [1.82, 2.24) is 20.0 Å². The van der Waals surface area contributed by atoms with Crippen LogP contribution in [0, 0.1) is 5.92 Å². The second-order valence-electron chi connectivity index (χ2n) is 12.1. The third-order valence-corrected chi connectivity index (χ3v) is 9.03. The van der Waals surface area contributed by atoms with E-state index in [0.717, 1.165) is 58.0 Å². The minimum Gasteiger partial charge on any atom is -0.369 e. The quantitative estimate of drug-likeness (QED) is 0.222. The maximum Gasteiger partial charge on any atom is 0.419 e. The Morgan fingerprint density at radius 1 is 1.00 bits per heavy atom. The van der Waals surface area contributed by atoms with Crippen LogP contribution in [0.15, 0.2) is 53.3 Å². The average molecular weight is 618 g/mol. The molecule has 3 aliphatic rings. The number of nitrogens with one attached hydrogen (secondary N) is 2. The van der Waals surface area contributed by atoms with Gasteiger partial charge in [-0.15, -0.1) is 0 Å². The van der Waals surface area contributed by atoms with Crippen molar-refractivity contribution in [2.75, 3.05) is 45.6 Å². The summed E-state index contributed by atoms with van der Waals surface area (Å²) >= 11 is 0. The van der Waals surface area contributed by atoms with E-state index in [0.29, 0.717) is 43.3 Å². The van der Waals surface area contributed by atoms with E-state index in [1.54, 1.807) is 29.2 Å². The molecule has 2 aliphatic heterocycles. The van der Waals surface area contributed by atoms with Crippen molar-refractivity contribution in [3.8, 4) is 0 Å². The topological polar surface area (TPSA) is 106 Å². The fourth-order valence-corrected chi connectivity index (χ4v) is 6.38. The SMILES string of the molecule is C=C/C(=C(\N=C(N)Nc1ccc(C(=O)N(C)C2CCN(C)CC2)cc1)N[C@@H]1CCCC[C@@H]1C(=O)N1CCCCC1)C(F)(F)F. The molecule has 4 N–H and O–H groups in total. The summed E-state index contributed by atoms with van der Waals surface area (Å²) in [6, 6.07) is 6.24. The largest absolute Gasteiger partial charge is 0.419 e. The van der Waals surface area contributed by atoms with Gasteiger partial charge in [0.15, 0.2) is 5.96 Å². The van der Waals surface area contributed by atoms with E-state index in [1.807, 2.05) is 11.9 Å². The molecule has 2 heterocycles. The van der Waals surface area contributed by atoms with E-state index in [2.05, 4.69) is 34.2 Å². The van der Waals surface area contributed by atoms with Crippen LogP contribution in [0.25, 0.3) is 0 Å². The minimum absolute atomic E-state index is 0.0143. The van der Waals surface area contributed by atoms with Crippen LogP contribution in [-0.4, -0.2) is 91.0 Å². The first kappa shape index (κ1) is 33.4. The van der Waals surface area contributed by atoms with E-state index in [9.17, 15) is 22.8 Å². The Morgan fingerprint density at radius 2 is 1.64 bits per heavy atom. The molecule has 0 radical (unpaired) electrons. The van der Waals surface area contributed by atoms with Crippen molar-refractivity contribution in [2.45, 2.75) is 76.0 Å². The molecule has 1 aliphatic carbocycles. The summed E-state index contributed by atoms with van der Waals surface area (Å²) in [5, 5.41) is 5.79. The third kappa shape index (κ3) is 8.55. The highest BCUT2D eigenvalue weighted by molar-refractivity contribution is 5.96. The van der Waals surface area contributed by atoms with Gasteiger partial charge in [-0.3, -0.25) is 9.59 Å². The number of hydrogen-bond acceptors (Lipinski definition) is 5. The molecule has 242 valence electrons. The van der Waals surface area contributed by atoms with Gasteiger partial charge >= 0.3 is 6.18 Å². The Bertz CT molecular complexity index is 1220. The molecule has 9 nitrogen and oxygen atoms in total. The van der Waals surface area contributed by atoms with E-state index in [1.165, 1.54) is 0 Å². The van der Waals surface area contributed by atoms with E-state index in [4.69, 9.17) is 5.73 Å². The predicted octanol–water partition coefficient (Wildman–Crippen LogP) is 4.70. The number of alkyl halides is 3. The smallest absolute Gasteiger partial charge is 0.369 e. The molecule has 44 heavy (non-hydrogen) atoms. The van der Waals surface area contributed by atoms with Crippen molar-refractivity contribution >= 4 is 23.5 Å². The third-order valence-electron chi connectivity index (χ3n) is 9.03. The van der Waals surface area contributed by atoms with Crippen molar-refractivity contribution in [1.29, 1.82) is 0 Å². The number of aliphatic imine (C=N–C) groups is 1. The van der Waals surface area contributed by atoms with Crippen molar-refractivity contribution < 1.29 is 22.8 Å². The summed E-state index contributed by atoms with van der Waals surface area (Å²) in [5.41, 5.74) is 6.03. The van der Waals surface area contributed by atoms with Crippen molar-refractivity contribution in [3.05, 3.63) is 53.9 Å². The first-order valence-corrected chi connectivity index (χ1v) is 15.6. The lowest BCUT2D eigenvalue weighted by atomic mass is 9.83. The molecular formula is C32H46F3N7O2. The Kier molecular flexibility index (Phi) is 11.3. The van der Waals surface area contributed by atoms with Gasteiger partial charge in [0.05, 0.1) is 11.5 Å². The fraction of sp³-hybridized carbons (Fsp3) is 0.594. The molecule has 3 fully saturated rings. The molecule has 0 spiro atoms. The zero-order chi connectivity index (χ0) is 31.9. The highest BCUT2D eigenvalue weighted by atomic mass is 19.4. The van der Waals surface area contributed by atoms with Gasteiger partial charge in [0.25, 0.3) is 5.91 Å². The summed E-state index contributed by atoms with van der Waals surface area (Å²) in [7, 11) is 3.88. The van der Waals surface area contributed by atoms with Crippen molar-refractivity contribution in [2.24, 2.45) is 16.6 Å². The number of carbonyl (C=O) groups excluding carboxylic acids is 2. The van der Waals surface area contributed by atoms with E-state index < -0.39 is 29.5 Å². The number of guanidine groups is 1. The Morgan fingerprint density at radius 3 is 2.25 bits per heavy atom. The number of nitrogens with two attached hydrogens (primary N) is 1. The number of halogens is 3. The Balaban J connectivity index is 1.49. The van der Waals surface area contributed by atoms with E-state index >= 15 is 0 Å². The maximum atomic E-state index is 14.1. The number of benzene rings is 1. The number of piperidine rings is 2. The number of carbonyl (C=O) groups is 2. The van der Waals surface area contributed by atoms with Crippen LogP contribution in [0.4, 0.5) is 18.9 Å². The molecule has 2 atom stereocenters. The fourth-order valence-electron chi connectivity index (χ4n) is 6.38. The van der Waals surface area contributed by atoms with Crippen LogP contribution < -0.4 is 16.4 Å². The van der Waals surface area contributed by atoms with Crippen LogP contribution in [0.1, 0.15) is 68.1 Å². The monoisotopic (exact) mass is 617 g/mol. The summed E-state index contributed by atoms with van der Waals surface area (Å²) in [4.78, 5) is 36.4. The molecule has 1 aromatic rings. The van der Waals surface area contributed by atoms with Crippen LogP contribution in [0.5, 0.6) is 0 Å². The second kappa shape index (κ2) is 15.0. The van der Waals surface area contributed by atoms with Crippen LogP contribution in [0.3, 0.4) is 0 Å². The molecule has 1 aromatic carbocycles. The van der Waals surface area contributed by atoms with Gasteiger partial charge in [-0.05, 0) is 89.3 Å². The predicted molar refractivity (Wildman–Crippen MR) is 167 cm³/mol. The average Bonchev–Trinajstić information content (AvgIpc) is 3.01. The molecule has 0 bridgehead atoms. The number of nitrogens with zero attached hydrogens (tertiary/aromatic N) is 4. The number of rotatable bonds is 8. The number of amides is 2. The molecule has 1 saturated carbocycles. The molecule has 2 amide bonds. The lowest BCUT2D eigenvalue weighted by Gasteiger charge is -2.37. The van der Waals surface area contributed by atoms with Gasteiger partial charge in [0.2, 0.25) is 5.91 Å². The van der Waals surface area contributed by atoms with Gasteiger partial charge in [-0.25, -0.2) is 0 Å². The van der Waals surface area contributed by atoms with E-state index in [-0.39, 0.29) is 23.8 Å². The molecule has 2 saturated heterocycles. The summed E-state index contributed by atoms with van der Waals surface area (Å²) in [5.74, 6) is -1.30. The van der Waals surface area contributed by atoms with Crippen LogP contribution in [-0.2, 0) is 4.79 Å². The second-order valence-corrected chi connectivity index (χ2v) is 12.1. The molecule has 12 heteroatoms. The molecule has 0 aromatic heterocycles. The van der Waals surface area contributed by atoms with Crippen LogP contribution in [0.2, 0.25) is 0 Å². The summed E-state index contributed by atoms with van der Waals surface area (Å²) < 4.78 is 42.2. The Labute approximate surface area is 258 Å². The molecular weight excluding hydrogens is 571 g/mol. The Hall–Kier alpha value is -3.54. The lowest BCUT2D eigenvalue weighted by molar-refractivity contribution is -0.138. The molecule has 4 rings (SSSR count). The highest BCUT2D eigenvalue weighted by Gasteiger charge is 2.38. The number of likely N-dealkylation sites (tertiary alicyclic amines) is 2. The lowest BCUT2D eigenvalue weighted by Crippen LogP contribution is -2.49. The van der Waals surface area contributed by atoms with Gasteiger partial charge in [-0.1, -0.05) is 25.5 Å². The van der Waals surface area contributed by atoms with Crippen molar-refractivity contribution in [3.63, 3.8) is 0 Å². The standard InChI is InChI=1S/C32H46F3N7O2/c1-4-26(32(33,34)35)28(38-27-11-7-6-10-25(27)30(44)42-18-8-5-9-19-42)39-31(36)37-23-14-12-22(13-15-23)29(43)41(3)24-16-20-40(2)21-17-24/h4,12-15,24-25,27,38H,1,5-11,16-21H2,2-3H3,(H3,36,37,39)/b28-26+/t25-,27+/m0/s1. The maximum absolute atomic E-state index is 14.1. The summed E-state index contributed by atoms with van der Waals surface area (Å²) in [6.07, 6.45) is 3.52. The van der Waals surface area contributed by atoms with Gasteiger partial charge < -0.3 is 31.1 Å². The number of hydrogen-bond donors (Lipinski definition) is 3. The van der Waals surface area contributed by atoms with Gasteiger partial charge in [0.1, 0.15) is 5.82 Å². The first-order chi connectivity index (χ1) is 21.0. The highest BCUT2D eigenvalue weighted by Crippen LogP contribution is 2.32. The normalized spacial score (nSPS) is 23.0. The van der Waals surface area contributed by atoms with Crippen LogP contribution >= 0.6 is 0 Å². The minimum atomic E-state index is -4.74. The van der Waals surface area contributed by atoms with Gasteiger partial charge in [-0.2, -0.15) is 18.2 Å². The number of allylic oxidation sites excluding steroid dienone is 2. The first-order valence-electron chi connectivity index (χ1n) is 15.6. The zero-order valence-corrected chi connectivity index (χ0v) is 25.8. The number of anilines is 1. The molecule has 0 unspecified atom stereocenters. The van der Waals surface area contributed by atoms with Gasteiger partial charge in [0, 0.05) is 43.5 Å². The summed E-state index contributed by atoms with van der Waals surface area (Å²) in [6.45, 7) is 6.61.